The lowest BCUT2D eigenvalue weighted by atomic mass is 10.2. The molecule has 5 nitrogen and oxygen atoms in total. The second-order valence-corrected chi connectivity index (χ2v) is 4.67. The fourth-order valence-corrected chi connectivity index (χ4v) is 1.69. The summed E-state index contributed by atoms with van der Waals surface area (Å²) in [6.07, 6.45) is 0.319. The van der Waals surface area contributed by atoms with Crippen molar-refractivity contribution in [1.29, 1.82) is 0 Å². The normalized spacial score (nSPS) is 12.3. The van der Waals surface area contributed by atoms with Gasteiger partial charge >= 0.3 is 0 Å². The van der Waals surface area contributed by atoms with E-state index in [-0.39, 0.29) is 13.2 Å². The number of ether oxygens (including phenoxy) is 2. The van der Waals surface area contributed by atoms with E-state index < -0.39 is 6.10 Å². The Morgan fingerprint density at radius 3 is 2.90 bits per heavy atom. The summed E-state index contributed by atoms with van der Waals surface area (Å²) >= 11 is 0. The van der Waals surface area contributed by atoms with Gasteiger partial charge in [0.2, 0.25) is 0 Å². The van der Waals surface area contributed by atoms with Crippen molar-refractivity contribution >= 4 is 0 Å². The van der Waals surface area contributed by atoms with Gasteiger partial charge in [0, 0.05) is 13.2 Å². The summed E-state index contributed by atoms with van der Waals surface area (Å²) in [7, 11) is 0. The molecule has 0 aliphatic heterocycles. The molecule has 0 radical (unpaired) electrons. The van der Waals surface area contributed by atoms with E-state index in [0.717, 1.165) is 24.3 Å². The molecule has 0 aromatic heterocycles. The summed E-state index contributed by atoms with van der Waals surface area (Å²) < 4.78 is 10.6. The molecule has 0 aliphatic carbocycles. The highest BCUT2D eigenvalue weighted by atomic mass is 16.5. The van der Waals surface area contributed by atoms with Gasteiger partial charge in [-0.1, -0.05) is 12.1 Å². The van der Waals surface area contributed by atoms with Gasteiger partial charge in [0.1, 0.15) is 18.5 Å². The highest BCUT2D eigenvalue weighted by Crippen LogP contribution is 2.12. The molecular formula is C15H25NO4. The van der Waals surface area contributed by atoms with Gasteiger partial charge in [-0.2, -0.15) is 0 Å². The van der Waals surface area contributed by atoms with Crippen molar-refractivity contribution in [1.82, 2.24) is 5.32 Å². The predicted molar refractivity (Wildman–Crippen MR) is 78.1 cm³/mol. The topological polar surface area (TPSA) is 71.0 Å². The molecule has 1 unspecified atom stereocenters. The number of aryl methyl sites for hydroxylation is 1. The second-order valence-electron chi connectivity index (χ2n) is 4.67. The summed E-state index contributed by atoms with van der Waals surface area (Å²) in [4.78, 5) is 0. The molecule has 1 atom stereocenters. The summed E-state index contributed by atoms with van der Waals surface area (Å²) in [5, 5.41) is 21.4. The first-order valence-corrected chi connectivity index (χ1v) is 6.99. The molecule has 0 aliphatic rings. The molecule has 1 aromatic rings. The van der Waals surface area contributed by atoms with Crippen molar-refractivity contribution in [2.45, 2.75) is 19.4 Å². The first-order valence-electron chi connectivity index (χ1n) is 6.99. The summed E-state index contributed by atoms with van der Waals surface area (Å²) in [5.74, 6) is 0.779. The number of aliphatic hydroxyl groups excluding tert-OH is 2. The highest BCUT2D eigenvalue weighted by Gasteiger charge is 2.04. The molecule has 0 fully saturated rings. The van der Waals surface area contributed by atoms with Gasteiger partial charge in [0.05, 0.1) is 13.2 Å². The van der Waals surface area contributed by atoms with E-state index in [1.54, 1.807) is 0 Å². The van der Waals surface area contributed by atoms with Crippen LogP contribution in [0.4, 0.5) is 0 Å². The lowest BCUT2D eigenvalue weighted by molar-refractivity contribution is 0.0875. The number of nitrogens with one attached hydrogen (secondary N) is 1. The largest absolute Gasteiger partial charge is 0.491 e. The van der Waals surface area contributed by atoms with Crippen LogP contribution in [0.15, 0.2) is 24.3 Å². The zero-order chi connectivity index (χ0) is 14.6. The number of rotatable bonds is 11. The molecule has 0 saturated heterocycles. The van der Waals surface area contributed by atoms with Gasteiger partial charge in [-0.05, 0) is 37.6 Å². The molecule has 1 aromatic carbocycles. The van der Waals surface area contributed by atoms with Crippen LogP contribution in [0.3, 0.4) is 0 Å². The molecule has 5 heteroatoms. The van der Waals surface area contributed by atoms with Crippen molar-refractivity contribution < 1.29 is 19.7 Å². The number of hydrogen-bond donors (Lipinski definition) is 3. The Bertz CT molecular complexity index is 359. The molecule has 20 heavy (non-hydrogen) atoms. The maximum absolute atomic E-state index is 9.77. The average Bonchev–Trinajstić information content (AvgIpc) is 2.44. The van der Waals surface area contributed by atoms with Crippen LogP contribution in [0.2, 0.25) is 0 Å². The van der Waals surface area contributed by atoms with Gasteiger partial charge in [-0.3, -0.25) is 0 Å². The number of hydrogen-bond acceptors (Lipinski definition) is 5. The number of benzene rings is 1. The second kappa shape index (κ2) is 10.6. The SMILES string of the molecule is Cc1cccc(OCC(O)CNCCCOCCO)c1. The van der Waals surface area contributed by atoms with Crippen LogP contribution in [0.1, 0.15) is 12.0 Å². The Balaban J connectivity index is 2.01. The van der Waals surface area contributed by atoms with Crippen molar-refractivity contribution in [3.05, 3.63) is 29.8 Å². The van der Waals surface area contributed by atoms with Crippen LogP contribution in [0.25, 0.3) is 0 Å². The minimum Gasteiger partial charge on any atom is -0.491 e. The van der Waals surface area contributed by atoms with Gasteiger partial charge in [-0.15, -0.1) is 0 Å². The Morgan fingerprint density at radius 1 is 1.30 bits per heavy atom. The van der Waals surface area contributed by atoms with E-state index in [2.05, 4.69) is 5.32 Å². The van der Waals surface area contributed by atoms with E-state index in [4.69, 9.17) is 14.6 Å². The average molecular weight is 283 g/mol. The molecule has 1 rings (SSSR count). The third-order valence-electron chi connectivity index (χ3n) is 2.69. The molecule has 0 bridgehead atoms. The van der Waals surface area contributed by atoms with Crippen LogP contribution >= 0.6 is 0 Å². The van der Waals surface area contributed by atoms with E-state index in [1.807, 2.05) is 31.2 Å². The standard InChI is InChI=1S/C15H25NO4/c1-13-4-2-5-15(10-13)20-12-14(18)11-16-6-3-8-19-9-7-17/h2,4-5,10,14,16-18H,3,6-9,11-12H2,1H3. The Labute approximate surface area is 120 Å². The van der Waals surface area contributed by atoms with Crippen LogP contribution in [0.5, 0.6) is 5.75 Å². The van der Waals surface area contributed by atoms with E-state index in [0.29, 0.717) is 19.8 Å². The lowest BCUT2D eigenvalue weighted by Gasteiger charge is -2.13. The summed E-state index contributed by atoms with van der Waals surface area (Å²) in [5.41, 5.74) is 1.14. The van der Waals surface area contributed by atoms with Crippen LogP contribution in [0, 0.1) is 6.92 Å². The Hall–Kier alpha value is -1.14. The third kappa shape index (κ3) is 8.12. The molecule has 114 valence electrons. The maximum atomic E-state index is 9.77. The van der Waals surface area contributed by atoms with Crippen molar-refractivity contribution in [2.24, 2.45) is 0 Å². The van der Waals surface area contributed by atoms with E-state index in [9.17, 15) is 5.11 Å². The summed E-state index contributed by atoms with van der Waals surface area (Å²) in [6.45, 7) is 4.60. The van der Waals surface area contributed by atoms with E-state index >= 15 is 0 Å². The first kappa shape index (κ1) is 16.9. The minimum absolute atomic E-state index is 0.0580. The van der Waals surface area contributed by atoms with Crippen LogP contribution in [-0.2, 0) is 4.74 Å². The van der Waals surface area contributed by atoms with Crippen molar-refractivity contribution in [3.63, 3.8) is 0 Å². The molecule has 0 amide bonds. The van der Waals surface area contributed by atoms with Crippen molar-refractivity contribution in [3.8, 4) is 5.75 Å². The van der Waals surface area contributed by atoms with E-state index in [1.165, 1.54) is 0 Å². The lowest BCUT2D eigenvalue weighted by Crippen LogP contribution is -2.32. The zero-order valence-electron chi connectivity index (χ0n) is 12.0. The quantitative estimate of drug-likeness (QED) is 0.522. The van der Waals surface area contributed by atoms with Gasteiger partial charge in [0.25, 0.3) is 0 Å². The van der Waals surface area contributed by atoms with Gasteiger partial charge < -0.3 is 25.0 Å². The maximum Gasteiger partial charge on any atom is 0.119 e. The molecule has 3 N–H and O–H groups in total. The highest BCUT2D eigenvalue weighted by molar-refractivity contribution is 5.27. The van der Waals surface area contributed by atoms with Crippen LogP contribution in [-0.4, -0.2) is 55.8 Å². The minimum atomic E-state index is -0.533. The molecular weight excluding hydrogens is 258 g/mol. The predicted octanol–water partition coefficient (Wildman–Crippen LogP) is 0.723. The fraction of sp³-hybridized carbons (Fsp3) is 0.600. The first-order chi connectivity index (χ1) is 9.72. The van der Waals surface area contributed by atoms with Crippen molar-refractivity contribution in [2.75, 3.05) is 39.5 Å². The molecule has 0 saturated carbocycles. The molecule has 0 spiro atoms. The van der Waals surface area contributed by atoms with Gasteiger partial charge in [-0.25, -0.2) is 0 Å². The van der Waals surface area contributed by atoms with Crippen LogP contribution < -0.4 is 10.1 Å². The molecule has 0 heterocycles. The smallest absolute Gasteiger partial charge is 0.119 e. The number of aliphatic hydroxyl groups is 2. The Kier molecular flexibility index (Phi) is 8.98. The third-order valence-corrected chi connectivity index (χ3v) is 2.69. The monoisotopic (exact) mass is 283 g/mol. The summed E-state index contributed by atoms with van der Waals surface area (Å²) in [6, 6.07) is 7.76. The Morgan fingerprint density at radius 2 is 2.15 bits per heavy atom. The fourth-order valence-electron chi connectivity index (χ4n) is 1.69. The zero-order valence-corrected chi connectivity index (χ0v) is 12.0. The van der Waals surface area contributed by atoms with Gasteiger partial charge in [0.15, 0.2) is 0 Å².